The Kier molecular flexibility index (Phi) is 2.78. The van der Waals surface area contributed by atoms with Crippen LogP contribution in [-0.2, 0) is 6.18 Å². The molecule has 0 aromatic carbocycles. The minimum absolute atomic E-state index is 0.185. The largest absolute Gasteiger partial charge is 0.451 e. The van der Waals surface area contributed by atoms with E-state index in [9.17, 15) is 13.2 Å². The quantitative estimate of drug-likeness (QED) is 0.856. The normalized spacial score (nSPS) is 11.8. The maximum absolute atomic E-state index is 12.5. The van der Waals surface area contributed by atoms with E-state index in [1.807, 2.05) is 6.07 Å². The van der Waals surface area contributed by atoms with Crippen molar-refractivity contribution in [3.05, 3.63) is 28.9 Å². The standard InChI is InChI=1S/C10H8F3N3S/c1-5-2-3-17-8(5)6-4-7(14)16-9(15-6)10(11,12)13/h2-4H,1H3,(H2,14,15,16). The summed E-state index contributed by atoms with van der Waals surface area (Å²) >= 11 is 1.32. The van der Waals surface area contributed by atoms with Gasteiger partial charge in [0, 0.05) is 6.07 Å². The van der Waals surface area contributed by atoms with Gasteiger partial charge < -0.3 is 5.73 Å². The van der Waals surface area contributed by atoms with E-state index >= 15 is 0 Å². The van der Waals surface area contributed by atoms with E-state index in [1.165, 1.54) is 17.4 Å². The zero-order chi connectivity index (χ0) is 12.6. The fourth-order valence-electron chi connectivity index (χ4n) is 1.34. The molecule has 0 fully saturated rings. The smallest absolute Gasteiger partial charge is 0.384 e. The predicted octanol–water partition coefficient (Wildman–Crippen LogP) is 3.11. The first kappa shape index (κ1) is 11.8. The monoisotopic (exact) mass is 259 g/mol. The van der Waals surface area contributed by atoms with Crippen molar-refractivity contribution in [3.8, 4) is 10.6 Å². The van der Waals surface area contributed by atoms with Crippen molar-refractivity contribution in [2.24, 2.45) is 0 Å². The van der Waals surface area contributed by atoms with Crippen LogP contribution in [0.15, 0.2) is 17.5 Å². The molecule has 0 saturated carbocycles. The number of aryl methyl sites for hydroxylation is 1. The average Bonchev–Trinajstić information content (AvgIpc) is 2.62. The van der Waals surface area contributed by atoms with E-state index in [2.05, 4.69) is 9.97 Å². The molecule has 2 N–H and O–H groups in total. The Labute approximate surface area is 99.1 Å². The highest BCUT2D eigenvalue weighted by Gasteiger charge is 2.35. The number of nitrogens with two attached hydrogens (primary N) is 1. The molecule has 2 aromatic heterocycles. The van der Waals surface area contributed by atoms with Crippen molar-refractivity contribution in [1.82, 2.24) is 9.97 Å². The molecule has 0 unspecified atom stereocenters. The number of halogens is 3. The summed E-state index contributed by atoms with van der Waals surface area (Å²) in [6, 6.07) is 3.15. The van der Waals surface area contributed by atoms with Crippen molar-refractivity contribution < 1.29 is 13.2 Å². The van der Waals surface area contributed by atoms with Crippen LogP contribution < -0.4 is 5.73 Å². The summed E-state index contributed by atoms with van der Waals surface area (Å²) in [6.07, 6.45) is -4.59. The zero-order valence-corrected chi connectivity index (χ0v) is 9.56. The molecule has 3 nitrogen and oxygen atoms in total. The number of hydrogen-bond acceptors (Lipinski definition) is 4. The van der Waals surface area contributed by atoms with Gasteiger partial charge in [-0.2, -0.15) is 13.2 Å². The third kappa shape index (κ3) is 2.38. The van der Waals surface area contributed by atoms with Gasteiger partial charge in [0.1, 0.15) is 5.82 Å². The Balaban J connectivity index is 2.57. The topological polar surface area (TPSA) is 51.8 Å². The van der Waals surface area contributed by atoms with E-state index in [1.54, 1.807) is 12.3 Å². The SMILES string of the molecule is Cc1ccsc1-c1cc(N)nc(C(F)(F)F)n1. The lowest BCUT2D eigenvalue weighted by Gasteiger charge is -2.07. The lowest BCUT2D eigenvalue weighted by Crippen LogP contribution is -2.12. The number of alkyl halides is 3. The number of anilines is 1. The van der Waals surface area contributed by atoms with Crippen LogP contribution in [-0.4, -0.2) is 9.97 Å². The Hall–Kier alpha value is -1.63. The third-order valence-electron chi connectivity index (χ3n) is 2.09. The van der Waals surface area contributed by atoms with Crippen LogP contribution in [0.3, 0.4) is 0 Å². The summed E-state index contributed by atoms with van der Waals surface area (Å²) in [6.45, 7) is 1.80. The Morgan fingerprint density at radius 1 is 1.29 bits per heavy atom. The second kappa shape index (κ2) is 3.99. The molecule has 2 aromatic rings. The van der Waals surface area contributed by atoms with Crippen molar-refractivity contribution in [1.29, 1.82) is 0 Å². The van der Waals surface area contributed by atoms with Crippen LogP contribution in [0, 0.1) is 6.92 Å². The molecule has 2 rings (SSSR count). The predicted molar refractivity (Wildman–Crippen MR) is 59.5 cm³/mol. The van der Waals surface area contributed by atoms with E-state index < -0.39 is 12.0 Å². The molecule has 0 aliphatic carbocycles. The molecule has 0 saturated heterocycles. The van der Waals surface area contributed by atoms with Crippen molar-refractivity contribution in [2.45, 2.75) is 13.1 Å². The highest BCUT2D eigenvalue weighted by molar-refractivity contribution is 7.13. The van der Waals surface area contributed by atoms with Gasteiger partial charge in [-0.15, -0.1) is 11.3 Å². The van der Waals surface area contributed by atoms with Crippen molar-refractivity contribution in [3.63, 3.8) is 0 Å². The maximum atomic E-state index is 12.5. The van der Waals surface area contributed by atoms with Crippen LogP contribution in [0.1, 0.15) is 11.4 Å². The van der Waals surface area contributed by atoms with Gasteiger partial charge >= 0.3 is 6.18 Å². The minimum Gasteiger partial charge on any atom is -0.384 e. The van der Waals surface area contributed by atoms with Gasteiger partial charge in [0.05, 0.1) is 10.6 Å². The number of hydrogen-bond donors (Lipinski definition) is 1. The number of rotatable bonds is 1. The number of nitrogen functional groups attached to an aromatic ring is 1. The number of nitrogens with zero attached hydrogens (tertiary/aromatic N) is 2. The van der Waals surface area contributed by atoms with Gasteiger partial charge in [-0.1, -0.05) is 0 Å². The summed E-state index contributed by atoms with van der Waals surface area (Å²) in [5.74, 6) is -1.39. The summed E-state index contributed by atoms with van der Waals surface area (Å²) in [5, 5.41) is 1.79. The van der Waals surface area contributed by atoms with Crippen LogP contribution in [0.25, 0.3) is 10.6 Å². The Bertz CT molecular complexity index is 548. The van der Waals surface area contributed by atoms with Gasteiger partial charge in [-0.3, -0.25) is 0 Å². The average molecular weight is 259 g/mol. The van der Waals surface area contributed by atoms with Gasteiger partial charge in [0.2, 0.25) is 5.82 Å². The van der Waals surface area contributed by atoms with Crippen LogP contribution in [0.4, 0.5) is 19.0 Å². The molecule has 0 radical (unpaired) electrons. The van der Waals surface area contributed by atoms with Gasteiger partial charge in [-0.05, 0) is 23.9 Å². The van der Waals surface area contributed by atoms with Crippen LogP contribution >= 0.6 is 11.3 Å². The van der Waals surface area contributed by atoms with Gasteiger partial charge in [0.25, 0.3) is 0 Å². The van der Waals surface area contributed by atoms with E-state index in [0.717, 1.165) is 5.56 Å². The molecule has 0 atom stereocenters. The fourth-order valence-corrected chi connectivity index (χ4v) is 2.23. The van der Waals surface area contributed by atoms with Gasteiger partial charge in [0.15, 0.2) is 0 Å². The minimum atomic E-state index is -4.59. The Morgan fingerprint density at radius 3 is 2.53 bits per heavy atom. The molecule has 2 heterocycles. The molecule has 7 heteroatoms. The first-order valence-electron chi connectivity index (χ1n) is 4.64. The van der Waals surface area contributed by atoms with Crippen molar-refractivity contribution >= 4 is 17.2 Å². The van der Waals surface area contributed by atoms with Gasteiger partial charge in [-0.25, -0.2) is 9.97 Å². The highest BCUT2D eigenvalue weighted by Crippen LogP contribution is 2.32. The first-order chi connectivity index (χ1) is 7.88. The molecular weight excluding hydrogens is 251 g/mol. The molecule has 0 bridgehead atoms. The zero-order valence-electron chi connectivity index (χ0n) is 8.75. The van der Waals surface area contributed by atoms with Crippen LogP contribution in [0.5, 0.6) is 0 Å². The first-order valence-corrected chi connectivity index (χ1v) is 5.52. The molecule has 0 aliphatic heterocycles. The highest BCUT2D eigenvalue weighted by atomic mass is 32.1. The molecule has 0 spiro atoms. The van der Waals surface area contributed by atoms with E-state index in [0.29, 0.717) is 4.88 Å². The number of aromatic nitrogens is 2. The van der Waals surface area contributed by atoms with E-state index in [-0.39, 0.29) is 11.5 Å². The maximum Gasteiger partial charge on any atom is 0.451 e. The lowest BCUT2D eigenvalue weighted by molar-refractivity contribution is -0.144. The molecule has 17 heavy (non-hydrogen) atoms. The summed E-state index contributed by atoms with van der Waals surface area (Å²) in [7, 11) is 0. The molecular formula is C10H8F3N3S. The van der Waals surface area contributed by atoms with E-state index in [4.69, 9.17) is 5.73 Å². The summed E-state index contributed by atoms with van der Waals surface area (Å²) < 4.78 is 37.5. The fraction of sp³-hybridized carbons (Fsp3) is 0.200. The third-order valence-corrected chi connectivity index (χ3v) is 3.13. The second-order valence-electron chi connectivity index (χ2n) is 3.43. The second-order valence-corrected chi connectivity index (χ2v) is 4.35. The van der Waals surface area contributed by atoms with Crippen LogP contribution in [0.2, 0.25) is 0 Å². The summed E-state index contributed by atoms with van der Waals surface area (Å²) in [5.41, 5.74) is 6.43. The molecule has 0 amide bonds. The number of thiophene rings is 1. The molecule has 90 valence electrons. The summed E-state index contributed by atoms with van der Waals surface area (Å²) in [4.78, 5) is 7.36. The Morgan fingerprint density at radius 2 is 2.00 bits per heavy atom. The molecule has 0 aliphatic rings. The van der Waals surface area contributed by atoms with Crippen molar-refractivity contribution in [2.75, 3.05) is 5.73 Å². The lowest BCUT2D eigenvalue weighted by atomic mass is 10.2.